The summed E-state index contributed by atoms with van der Waals surface area (Å²) in [6, 6.07) is 8.39. The number of piperidine rings is 1. The fraction of sp³-hybridized carbons (Fsp3) is 0.611. The lowest BCUT2D eigenvalue weighted by Gasteiger charge is -2.52. The van der Waals surface area contributed by atoms with Gasteiger partial charge in [-0.2, -0.15) is 5.26 Å². The lowest BCUT2D eigenvalue weighted by atomic mass is 9.66. The monoisotopic (exact) mass is 314 g/mol. The molecule has 2 fully saturated rings. The molecule has 1 aliphatic carbocycles. The van der Waals surface area contributed by atoms with Gasteiger partial charge in [-0.25, -0.2) is 0 Å². The number of nitriles is 1. The van der Waals surface area contributed by atoms with Gasteiger partial charge in [0.05, 0.1) is 18.2 Å². The third-order valence-corrected chi connectivity index (χ3v) is 5.68. The molecule has 0 unspecified atom stereocenters. The Hall–Kier alpha value is -1.77. The van der Waals surface area contributed by atoms with E-state index in [1.54, 1.807) is 0 Å². The summed E-state index contributed by atoms with van der Waals surface area (Å²) < 4.78 is 10.9. The molecule has 1 aromatic rings. The fourth-order valence-corrected chi connectivity index (χ4v) is 4.55. The van der Waals surface area contributed by atoms with Crippen LogP contribution < -0.4 is 9.47 Å². The quantitative estimate of drug-likeness (QED) is 0.850. The van der Waals surface area contributed by atoms with Gasteiger partial charge in [0.1, 0.15) is 0 Å². The zero-order valence-corrected chi connectivity index (χ0v) is 13.2. The highest BCUT2D eigenvalue weighted by molar-refractivity contribution is 5.45. The average molecular weight is 314 g/mol. The highest BCUT2D eigenvalue weighted by Gasteiger charge is 2.48. The van der Waals surface area contributed by atoms with Crippen molar-refractivity contribution in [2.75, 3.05) is 19.9 Å². The van der Waals surface area contributed by atoms with Crippen LogP contribution in [-0.2, 0) is 0 Å². The molecule has 5 heteroatoms. The predicted molar refractivity (Wildman–Crippen MR) is 84.0 cm³/mol. The van der Waals surface area contributed by atoms with Crippen molar-refractivity contribution in [3.05, 3.63) is 23.8 Å². The second-order valence-corrected chi connectivity index (χ2v) is 6.89. The van der Waals surface area contributed by atoms with E-state index in [4.69, 9.17) is 9.47 Å². The highest BCUT2D eigenvalue weighted by atomic mass is 16.7. The maximum Gasteiger partial charge on any atom is 0.231 e. The van der Waals surface area contributed by atoms with Gasteiger partial charge < -0.3 is 14.6 Å². The number of aliphatic hydroxyl groups is 1. The molecule has 122 valence electrons. The van der Waals surface area contributed by atoms with Crippen LogP contribution in [0, 0.1) is 17.2 Å². The second kappa shape index (κ2) is 5.70. The standard InChI is InChI=1S/C18H22N2O3/c19-8-10-20-9-7-18(21)6-2-1-3-14(18)17(20)13-4-5-15-16(11-13)23-12-22-15/h4-5,11,14,17,21H,1-3,6-7,9-10,12H2/t14-,17+,18-/m1/s1. The summed E-state index contributed by atoms with van der Waals surface area (Å²) in [6.07, 6.45) is 4.89. The average Bonchev–Trinajstić information content (AvgIpc) is 3.02. The molecule has 5 nitrogen and oxygen atoms in total. The summed E-state index contributed by atoms with van der Waals surface area (Å²) in [7, 11) is 0. The molecule has 1 saturated heterocycles. The van der Waals surface area contributed by atoms with E-state index in [2.05, 4.69) is 17.0 Å². The van der Waals surface area contributed by atoms with E-state index < -0.39 is 5.60 Å². The largest absolute Gasteiger partial charge is 0.454 e. The number of rotatable bonds is 2. The Morgan fingerprint density at radius 2 is 2.13 bits per heavy atom. The van der Waals surface area contributed by atoms with Crippen molar-refractivity contribution in [3.63, 3.8) is 0 Å². The Morgan fingerprint density at radius 3 is 3.00 bits per heavy atom. The van der Waals surface area contributed by atoms with Gasteiger partial charge in [-0.15, -0.1) is 0 Å². The van der Waals surface area contributed by atoms with Crippen LogP contribution in [0.25, 0.3) is 0 Å². The lowest BCUT2D eigenvalue weighted by Crippen LogP contribution is -2.54. The molecular formula is C18H22N2O3. The number of likely N-dealkylation sites (tertiary alicyclic amines) is 1. The minimum absolute atomic E-state index is 0.0724. The van der Waals surface area contributed by atoms with Crippen LogP contribution in [0.15, 0.2) is 18.2 Å². The first-order chi connectivity index (χ1) is 11.2. The van der Waals surface area contributed by atoms with Crippen molar-refractivity contribution >= 4 is 0 Å². The van der Waals surface area contributed by atoms with Gasteiger partial charge in [-0.05, 0) is 37.0 Å². The maximum atomic E-state index is 11.1. The zero-order chi connectivity index (χ0) is 15.9. The summed E-state index contributed by atoms with van der Waals surface area (Å²) in [5, 5.41) is 20.3. The molecule has 23 heavy (non-hydrogen) atoms. The third kappa shape index (κ3) is 2.46. The van der Waals surface area contributed by atoms with Crippen molar-refractivity contribution in [2.45, 2.75) is 43.7 Å². The number of hydrogen-bond acceptors (Lipinski definition) is 5. The van der Waals surface area contributed by atoms with Gasteiger partial charge >= 0.3 is 0 Å². The van der Waals surface area contributed by atoms with Crippen LogP contribution in [0.5, 0.6) is 11.5 Å². The minimum atomic E-state index is -0.592. The molecule has 1 aromatic carbocycles. The molecule has 1 saturated carbocycles. The first-order valence-electron chi connectivity index (χ1n) is 8.44. The minimum Gasteiger partial charge on any atom is -0.454 e. The topological polar surface area (TPSA) is 65.7 Å². The third-order valence-electron chi connectivity index (χ3n) is 5.68. The van der Waals surface area contributed by atoms with Crippen LogP contribution >= 0.6 is 0 Å². The van der Waals surface area contributed by atoms with Crippen molar-refractivity contribution in [3.8, 4) is 17.6 Å². The molecule has 2 aliphatic heterocycles. The first kappa shape index (κ1) is 14.8. The van der Waals surface area contributed by atoms with E-state index in [1.807, 2.05) is 12.1 Å². The number of nitrogens with zero attached hydrogens (tertiary/aromatic N) is 2. The Kier molecular flexibility index (Phi) is 3.67. The summed E-state index contributed by atoms with van der Waals surface area (Å²) in [5.74, 6) is 1.72. The van der Waals surface area contributed by atoms with Crippen LogP contribution in [0.3, 0.4) is 0 Å². The van der Waals surface area contributed by atoms with E-state index in [9.17, 15) is 10.4 Å². The van der Waals surface area contributed by atoms with E-state index >= 15 is 0 Å². The number of hydrogen-bond donors (Lipinski definition) is 1. The molecule has 0 bridgehead atoms. The summed E-state index contributed by atoms with van der Waals surface area (Å²) >= 11 is 0. The van der Waals surface area contributed by atoms with Gasteiger partial charge in [-0.3, -0.25) is 4.90 Å². The van der Waals surface area contributed by atoms with Crippen LogP contribution in [0.4, 0.5) is 0 Å². The number of ether oxygens (including phenoxy) is 2. The molecule has 3 atom stereocenters. The van der Waals surface area contributed by atoms with Gasteiger partial charge in [0.15, 0.2) is 11.5 Å². The van der Waals surface area contributed by atoms with E-state index in [0.29, 0.717) is 6.54 Å². The predicted octanol–water partition coefficient (Wildman–Crippen LogP) is 2.61. The Balaban J connectivity index is 1.72. The number of benzene rings is 1. The summed E-state index contributed by atoms with van der Waals surface area (Å²) in [4.78, 5) is 2.21. The normalized spacial score (nSPS) is 33.0. The molecule has 0 spiro atoms. The molecule has 0 aromatic heterocycles. The SMILES string of the molecule is N#CCN1CC[C@]2(O)CCCC[C@@H]2[C@@H]1c1ccc2c(c1)OCO2. The fourth-order valence-electron chi connectivity index (χ4n) is 4.55. The van der Waals surface area contributed by atoms with Gasteiger partial charge in [0.2, 0.25) is 6.79 Å². The molecule has 4 rings (SSSR count). The summed E-state index contributed by atoms with van der Waals surface area (Å²) in [6.45, 7) is 1.42. The van der Waals surface area contributed by atoms with E-state index in [1.165, 1.54) is 0 Å². The lowest BCUT2D eigenvalue weighted by molar-refractivity contribution is -0.121. The molecule has 0 radical (unpaired) electrons. The van der Waals surface area contributed by atoms with Gasteiger partial charge in [-0.1, -0.05) is 18.9 Å². The van der Waals surface area contributed by atoms with Crippen LogP contribution in [-0.4, -0.2) is 35.5 Å². The maximum absolute atomic E-state index is 11.1. The first-order valence-corrected chi connectivity index (χ1v) is 8.44. The number of fused-ring (bicyclic) bond motifs is 2. The molecule has 2 heterocycles. The van der Waals surface area contributed by atoms with Crippen molar-refractivity contribution in [2.24, 2.45) is 5.92 Å². The van der Waals surface area contributed by atoms with Crippen molar-refractivity contribution in [1.29, 1.82) is 5.26 Å². The molecular weight excluding hydrogens is 292 g/mol. The second-order valence-electron chi connectivity index (χ2n) is 6.89. The molecule has 3 aliphatic rings. The zero-order valence-electron chi connectivity index (χ0n) is 13.2. The summed E-state index contributed by atoms with van der Waals surface area (Å²) in [5.41, 5.74) is 0.528. The Labute approximate surface area is 136 Å². The van der Waals surface area contributed by atoms with Crippen molar-refractivity contribution in [1.82, 2.24) is 4.90 Å². The van der Waals surface area contributed by atoms with Crippen LogP contribution in [0.2, 0.25) is 0 Å². The van der Waals surface area contributed by atoms with Crippen LogP contribution in [0.1, 0.15) is 43.7 Å². The van der Waals surface area contributed by atoms with Crippen molar-refractivity contribution < 1.29 is 14.6 Å². The molecule has 1 N–H and O–H groups in total. The van der Waals surface area contributed by atoms with Gasteiger partial charge in [0.25, 0.3) is 0 Å². The Bertz CT molecular complexity index is 642. The smallest absolute Gasteiger partial charge is 0.231 e. The van der Waals surface area contributed by atoms with E-state index in [-0.39, 0.29) is 18.8 Å². The highest BCUT2D eigenvalue weighted by Crippen LogP contribution is 2.50. The van der Waals surface area contributed by atoms with E-state index in [0.717, 1.165) is 55.7 Å². The van der Waals surface area contributed by atoms with Gasteiger partial charge in [0, 0.05) is 18.5 Å². The molecule has 0 amide bonds. The Morgan fingerprint density at radius 1 is 1.26 bits per heavy atom.